The average molecular weight is 229 g/mol. The van der Waals surface area contributed by atoms with Crippen LogP contribution < -0.4 is 5.32 Å². The lowest BCUT2D eigenvalue weighted by atomic mass is 10.1. The van der Waals surface area contributed by atoms with Gasteiger partial charge in [0.05, 0.1) is 0 Å². The van der Waals surface area contributed by atoms with E-state index in [1.165, 1.54) is 0 Å². The number of halogens is 2. The largest absolute Gasteiger partial charge is 0.480 e. The second kappa shape index (κ2) is 5.55. The summed E-state index contributed by atoms with van der Waals surface area (Å²) in [6.07, 6.45) is 0.381. The minimum absolute atomic E-state index is 0.00556. The van der Waals surface area contributed by atoms with Gasteiger partial charge in [0.25, 0.3) is 0 Å². The molecule has 0 saturated carbocycles. The van der Waals surface area contributed by atoms with E-state index < -0.39 is 23.6 Å². The molecule has 0 aliphatic heterocycles. The van der Waals surface area contributed by atoms with Gasteiger partial charge in [-0.2, -0.15) is 0 Å². The molecule has 0 bridgehead atoms. The maximum absolute atomic E-state index is 13.2. The first kappa shape index (κ1) is 12.6. The molecule has 1 atom stereocenters. The lowest BCUT2D eigenvalue weighted by molar-refractivity contribution is -0.139. The van der Waals surface area contributed by atoms with Crippen LogP contribution in [-0.4, -0.2) is 17.1 Å². The van der Waals surface area contributed by atoms with Crippen LogP contribution in [0.1, 0.15) is 18.9 Å². The molecule has 1 unspecified atom stereocenters. The van der Waals surface area contributed by atoms with Crippen molar-refractivity contribution in [2.45, 2.75) is 25.9 Å². The van der Waals surface area contributed by atoms with Crippen LogP contribution in [0.4, 0.5) is 8.78 Å². The smallest absolute Gasteiger partial charge is 0.320 e. The van der Waals surface area contributed by atoms with Crippen molar-refractivity contribution in [2.75, 3.05) is 0 Å². The normalized spacial score (nSPS) is 12.4. The van der Waals surface area contributed by atoms with Crippen LogP contribution >= 0.6 is 0 Å². The van der Waals surface area contributed by atoms with Gasteiger partial charge in [0.2, 0.25) is 0 Å². The first-order chi connectivity index (χ1) is 7.54. The van der Waals surface area contributed by atoms with Gasteiger partial charge in [0.1, 0.15) is 17.7 Å². The van der Waals surface area contributed by atoms with Crippen molar-refractivity contribution in [3.8, 4) is 0 Å². The molecule has 0 saturated heterocycles. The van der Waals surface area contributed by atoms with Crippen molar-refractivity contribution >= 4 is 5.97 Å². The van der Waals surface area contributed by atoms with E-state index >= 15 is 0 Å². The van der Waals surface area contributed by atoms with E-state index in [0.717, 1.165) is 18.2 Å². The van der Waals surface area contributed by atoms with Crippen molar-refractivity contribution in [2.24, 2.45) is 0 Å². The Hall–Kier alpha value is -1.49. The number of carboxylic acid groups (broad SMARTS) is 1. The summed E-state index contributed by atoms with van der Waals surface area (Å²) in [5, 5.41) is 11.4. The Morgan fingerprint density at radius 3 is 2.75 bits per heavy atom. The molecule has 0 radical (unpaired) electrons. The fourth-order valence-electron chi connectivity index (χ4n) is 1.32. The molecule has 0 spiro atoms. The third kappa shape index (κ3) is 3.27. The third-order valence-corrected chi connectivity index (χ3v) is 2.25. The van der Waals surface area contributed by atoms with Gasteiger partial charge in [-0.05, 0) is 24.6 Å². The van der Waals surface area contributed by atoms with E-state index in [1.54, 1.807) is 6.92 Å². The first-order valence-electron chi connectivity index (χ1n) is 4.94. The highest BCUT2D eigenvalue weighted by Crippen LogP contribution is 2.09. The fourth-order valence-corrected chi connectivity index (χ4v) is 1.32. The SMILES string of the molecule is CCC(NCc1cc(F)ccc1F)C(=O)O. The summed E-state index contributed by atoms with van der Waals surface area (Å²) in [5.41, 5.74) is 0.125. The molecule has 0 heterocycles. The summed E-state index contributed by atoms with van der Waals surface area (Å²) in [6.45, 7) is 1.70. The molecule has 0 aliphatic carbocycles. The standard InChI is InChI=1S/C11H13F2NO2/c1-2-10(11(15)16)14-6-7-5-8(12)3-4-9(7)13/h3-5,10,14H,2,6H2,1H3,(H,15,16). The quantitative estimate of drug-likeness (QED) is 0.811. The zero-order valence-electron chi connectivity index (χ0n) is 8.84. The minimum atomic E-state index is -1.00. The second-order valence-corrected chi connectivity index (χ2v) is 3.42. The van der Waals surface area contributed by atoms with Crippen molar-refractivity contribution in [3.05, 3.63) is 35.4 Å². The Kier molecular flexibility index (Phi) is 4.37. The average Bonchev–Trinajstić information content (AvgIpc) is 2.23. The third-order valence-electron chi connectivity index (χ3n) is 2.25. The lowest BCUT2D eigenvalue weighted by Crippen LogP contribution is -2.35. The molecule has 0 aliphatic rings. The van der Waals surface area contributed by atoms with E-state index in [0.29, 0.717) is 6.42 Å². The molecule has 1 aromatic rings. The summed E-state index contributed by atoms with van der Waals surface area (Å²) in [6, 6.07) is 2.35. The zero-order chi connectivity index (χ0) is 12.1. The second-order valence-electron chi connectivity index (χ2n) is 3.42. The lowest BCUT2D eigenvalue weighted by Gasteiger charge is -2.12. The Labute approximate surface area is 92.1 Å². The van der Waals surface area contributed by atoms with Crippen molar-refractivity contribution in [3.63, 3.8) is 0 Å². The number of benzene rings is 1. The predicted molar refractivity (Wildman–Crippen MR) is 54.9 cm³/mol. The first-order valence-corrected chi connectivity index (χ1v) is 4.94. The molecule has 1 rings (SSSR count). The van der Waals surface area contributed by atoms with Crippen LogP contribution in [0, 0.1) is 11.6 Å². The van der Waals surface area contributed by atoms with Crippen LogP contribution in [0.25, 0.3) is 0 Å². The van der Waals surface area contributed by atoms with E-state index in [2.05, 4.69) is 5.32 Å². The molecule has 0 amide bonds. The molecule has 16 heavy (non-hydrogen) atoms. The van der Waals surface area contributed by atoms with Gasteiger partial charge < -0.3 is 10.4 Å². The topological polar surface area (TPSA) is 49.3 Å². The Morgan fingerprint density at radius 2 is 2.19 bits per heavy atom. The van der Waals surface area contributed by atoms with Crippen molar-refractivity contribution < 1.29 is 18.7 Å². The van der Waals surface area contributed by atoms with Crippen molar-refractivity contribution in [1.82, 2.24) is 5.32 Å². The molecular formula is C11H13F2NO2. The van der Waals surface area contributed by atoms with Crippen molar-refractivity contribution in [1.29, 1.82) is 0 Å². The number of carbonyl (C=O) groups is 1. The fraction of sp³-hybridized carbons (Fsp3) is 0.364. The minimum Gasteiger partial charge on any atom is -0.480 e. The molecule has 2 N–H and O–H groups in total. The van der Waals surface area contributed by atoms with Gasteiger partial charge in [0.15, 0.2) is 0 Å². The van der Waals surface area contributed by atoms with Gasteiger partial charge in [-0.3, -0.25) is 4.79 Å². The van der Waals surface area contributed by atoms with Gasteiger partial charge >= 0.3 is 5.97 Å². The van der Waals surface area contributed by atoms with E-state index in [4.69, 9.17) is 5.11 Å². The number of carboxylic acids is 1. The van der Waals surface area contributed by atoms with E-state index in [9.17, 15) is 13.6 Å². The van der Waals surface area contributed by atoms with Crippen LogP contribution in [0.2, 0.25) is 0 Å². The summed E-state index contributed by atoms with van der Waals surface area (Å²) in [4.78, 5) is 10.7. The predicted octanol–water partition coefficient (Wildman–Crippen LogP) is 1.92. The molecule has 0 fully saturated rings. The number of aliphatic carboxylic acids is 1. The molecule has 88 valence electrons. The van der Waals surface area contributed by atoms with Crippen LogP contribution in [0.15, 0.2) is 18.2 Å². The van der Waals surface area contributed by atoms with Gasteiger partial charge in [-0.25, -0.2) is 8.78 Å². The summed E-state index contributed by atoms with van der Waals surface area (Å²) >= 11 is 0. The highest BCUT2D eigenvalue weighted by atomic mass is 19.1. The van der Waals surface area contributed by atoms with Crippen LogP contribution in [-0.2, 0) is 11.3 Å². The van der Waals surface area contributed by atoms with Crippen LogP contribution in [0.5, 0.6) is 0 Å². The molecule has 5 heteroatoms. The van der Waals surface area contributed by atoms with E-state index in [-0.39, 0.29) is 12.1 Å². The molecular weight excluding hydrogens is 216 g/mol. The summed E-state index contributed by atoms with van der Waals surface area (Å²) in [5.74, 6) is -2.09. The highest BCUT2D eigenvalue weighted by Gasteiger charge is 2.14. The Morgan fingerprint density at radius 1 is 1.50 bits per heavy atom. The summed E-state index contributed by atoms with van der Waals surface area (Å²) < 4.78 is 26.0. The number of hydrogen-bond acceptors (Lipinski definition) is 2. The maximum Gasteiger partial charge on any atom is 0.320 e. The number of hydrogen-bond donors (Lipinski definition) is 2. The molecule has 0 aromatic heterocycles. The zero-order valence-corrected chi connectivity index (χ0v) is 8.84. The monoisotopic (exact) mass is 229 g/mol. The van der Waals surface area contributed by atoms with Gasteiger partial charge in [-0.1, -0.05) is 6.92 Å². The highest BCUT2D eigenvalue weighted by molar-refractivity contribution is 5.73. The van der Waals surface area contributed by atoms with Gasteiger partial charge in [0, 0.05) is 12.1 Å². The van der Waals surface area contributed by atoms with Crippen LogP contribution in [0.3, 0.4) is 0 Å². The molecule has 3 nitrogen and oxygen atoms in total. The Balaban J connectivity index is 2.66. The Bertz CT molecular complexity index is 382. The number of nitrogens with one attached hydrogen (secondary N) is 1. The maximum atomic E-state index is 13.2. The van der Waals surface area contributed by atoms with Gasteiger partial charge in [-0.15, -0.1) is 0 Å². The molecule has 1 aromatic carbocycles. The van der Waals surface area contributed by atoms with E-state index in [1.807, 2.05) is 0 Å². The number of rotatable bonds is 5. The summed E-state index contributed by atoms with van der Waals surface area (Å²) in [7, 11) is 0.